The number of pyridine rings is 1. The van der Waals surface area contributed by atoms with Gasteiger partial charge in [-0.1, -0.05) is 11.6 Å². The molecule has 0 saturated carbocycles. The number of amides is 2. The Kier molecular flexibility index (Phi) is 3.93. The zero-order valence-corrected chi connectivity index (χ0v) is 12.2. The van der Waals surface area contributed by atoms with Crippen LogP contribution in [0, 0.1) is 0 Å². The van der Waals surface area contributed by atoms with E-state index in [2.05, 4.69) is 10.3 Å². The summed E-state index contributed by atoms with van der Waals surface area (Å²) >= 11 is 5.95. The van der Waals surface area contributed by atoms with Crippen LogP contribution >= 0.6 is 11.6 Å². The van der Waals surface area contributed by atoms with Crippen molar-refractivity contribution in [3.8, 4) is 5.75 Å². The van der Waals surface area contributed by atoms with Gasteiger partial charge in [0.25, 0.3) is 5.91 Å². The first-order valence-electron chi connectivity index (χ1n) is 6.56. The summed E-state index contributed by atoms with van der Waals surface area (Å²) in [5, 5.41) is 3.15. The predicted molar refractivity (Wildman–Crippen MR) is 82.2 cm³/mol. The number of anilines is 2. The average molecular weight is 318 g/mol. The molecule has 22 heavy (non-hydrogen) atoms. The quantitative estimate of drug-likeness (QED) is 0.941. The lowest BCUT2D eigenvalue weighted by Gasteiger charge is -2.28. The molecule has 112 valence electrons. The van der Waals surface area contributed by atoms with E-state index in [4.69, 9.17) is 16.3 Å². The Labute approximate surface area is 131 Å². The molecule has 6 nitrogen and oxygen atoms in total. The maximum atomic E-state index is 12.1. The lowest BCUT2D eigenvalue weighted by molar-refractivity contribution is -0.123. The molecule has 7 heteroatoms. The molecular formula is C15H12ClN3O3. The molecule has 2 heterocycles. The van der Waals surface area contributed by atoms with Crippen molar-refractivity contribution >= 4 is 34.8 Å². The van der Waals surface area contributed by atoms with Crippen molar-refractivity contribution < 1.29 is 14.3 Å². The number of fused-ring (bicyclic) bond motifs is 1. The van der Waals surface area contributed by atoms with E-state index >= 15 is 0 Å². The van der Waals surface area contributed by atoms with Gasteiger partial charge in [-0.05, 0) is 30.3 Å². The van der Waals surface area contributed by atoms with Crippen molar-refractivity contribution in [2.45, 2.75) is 0 Å². The van der Waals surface area contributed by atoms with E-state index < -0.39 is 0 Å². The topological polar surface area (TPSA) is 71.5 Å². The van der Waals surface area contributed by atoms with Gasteiger partial charge in [0.1, 0.15) is 12.3 Å². The molecule has 3 rings (SSSR count). The highest BCUT2D eigenvalue weighted by molar-refractivity contribution is 6.31. The Balaban J connectivity index is 1.78. The predicted octanol–water partition coefficient (Wildman–Crippen LogP) is 2.10. The average Bonchev–Trinajstić information content (AvgIpc) is 2.51. The Morgan fingerprint density at radius 2 is 2.27 bits per heavy atom. The standard InChI is InChI=1S/C15H12ClN3O3/c16-10-3-4-13-12(6-10)19(15(21)9-22-13)8-14(20)18-11-2-1-5-17-7-11/h1-7H,8-9H2,(H,18,20). The number of benzene rings is 1. The summed E-state index contributed by atoms with van der Waals surface area (Å²) in [6.07, 6.45) is 3.14. The highest BCUT2D eigenvalue weighted by atomic mass is 35.5. The van der Waals surface area contributed by atoms with E-state index in [1.54, 1.807) is 36.5 Å². The van der Waals surface area contributed by atoms with Crippen molar-refractivity contribution in [2.75, 3.05) is 23.4 Å². The minimum absolute atomic E-state index is 0.102. The molecule has 0 radical (unpaired) electrons. The van der Waals surface area contributed by atoms with Gasteiger partial charge in [-0.2, -0.15) is 0 Å². The lowest BCUT2D eigenvalue weighted by atomic mass is 10.2. The molecule has 0 unspecified atom stereocenters. The van der Waals surface area contributed by atoms with Crippen LogP contribution in [0.1, 0.15) is 0 Å². The van der Waals surface area contributed by atoms with Gasteiger partial charge < -0.3 is 10.1 Å². The van der Waals surface area contributed by atoms with E-state index in [9.17, 15) is 9.59 Å². The van der Waals surface area contributed by atoms with Crippen LogP contribution in [-0.4, -0.2) is 29.9 Å². The summed E-state index contributed by atoms with van der Waals surface area (Å²) in [5.41, 5.74) is 1.06. The SMILES string of the molecule is O=C(CN1C(=O)COc2ccc(Cl)cc21)Nc1cccnc1. The third kappa shape index (κ3) is 3.01. The number of aromatic nitrogens is 1. The van der Waals surface area contributed by atoms with Crippen molar-refractivity contribution in [1.29, 1.82) is 0 Å². The van der Waals surface area contributed by atoms with Crippen molar-refractivity contribution in [3.63, 3.8) is 0 Å². The van der Waals surface area contributed by atoms with Gasteiger partial charge in [0.15, 0.2) is 6.61 Å². The molecule has 1 aliphatic rings. The molecule has 0 fully saturated rings. The van der Waals surface area contributed by atoms with Crippen LogP contribution in [0.3, 0.4) is 0 Å². The number of ether oxygens (including phenoxy) is 1. The van der Waals surface area contributed by atoms with Crippen molar-refractivity contribution in [1.82, 2.24) is 4.98 Å². The van der Waals surface area contributed by atoms with Crippen LogP contribution in [0.4, 0.5) is 11.4 Å². The second kappa shape index (κ2) is 6.03. The molecule has 0 spiro atoms. The third-order valence-corrected chi connectivity index (χ3v) is 3.35. The van der Waals surface area contributed by atoms with E-state index in [0.29, 0.717) is 22.1 Å². The van der Waals surface area contributed by atoms with E-state index in [0.717, 1.165) is 0 Å². The number of carbonyl (C=O) groups excluding carboxylic acids is 2. The van der Waals surface area contributed by atoms with Crippen molar-refractivity contribution in [3.05, 3.63) is 47.7 Å². The monoisotopic (exact) mass is 317 g/mol. The summed E-state index contributed by atoms with van der Waals surface area (Å²) < 4.78 is 5.33. The molecule has 1 aliphatic heterocycles. The molecular weight excluding hydrogens is 306 g/mol. The lowest BCUT2D eigenvalue weighted by Crippen LogP contribution is -2.43. The molecule has 1 aromatic carbocycles. The summed E-state index contributed by atoms with van der Waals surface area (Å²) in [7, 11) is 0. The molecule has 0 bridgehead atoms. The van der Waals surface area contributed by atoms with Gasteiger partial charge in [0.05, 0.1) is 17.6 Å². The van der Waals surface area contributed by atoms with E-state index in [1.165, 1.54) is 11.1 Å². The van der Waals surface area contributed by atoms with Gasteiger partial charge in [0, 0.05) is 11.2 Å². The number of nitrogens with zero attached hydrogens (tertiary/aromatic N) is 2. The fourth-order valence-corrected chi connectivity index (χ4v) is 2.30. The minimum Gasteiger partial charge on any atom is -0.482 e. The maximum absolute atomic E-state index is 12.1. The van der Waals surface area contributed by atoms with Crippen LogP contribution in [0.2, 0.25) is 5.02 Å². The first-order valence-corrected chi connectivity index (χ1v) is 6.94. The Hall–Kier alpha value is -2.60. The fourth-order valence-electron chi connectivity index (χ4n) is 2.13. The highest BCUT2D eigenvalue weighted by Crippen LogP contribution is 2.34. The zero-order chi connectivity index (χ0) is 15.5. The van der Waals surface area contributed by atoms with Crippen LogP contribution in [0.5, 0.6) is 5.75 Å². The number of hydrogen-bond donors (Lipinski definition) is 1. The van der Waals surface area contributed by atoms with Gasteiger partial charge in [-0.15, -0.1) is 0 Å². The van der Waals surface area contributed by atoms with E-state index in [1.807, 2.05) is 0 Å². The first kappa shape index (κ1) is 14.3. The Morgan fingerprint density at radius 3 is 3.05 bits per heavy atom. The van der Waals surface area contributed by atoms with Crippen LogP contribution in [0.15, 0.2) is 42.7 Å². The summed E-state index contributed by atoms with van der Waals surface area (Å²) in [6.45, 7) is -0.223. The number of rotatable bonds is 3. The molecule has 0 aliphatic carbocycles. The van der Waals surface area contributed by atoms with Crippen LogP contribution in [-0.2, 0) is 9.59 Å². The number of hydrogen-bond acceptors (Lipinski definition) is 4. The minimum atomic E-state index is -0.325. The van der Waals surface area contributed by atoms with E-state index in [-0.39, 0.29) is 25.0 Å². The number of halogens is 1. The molecule has 2 amide bonds. The third-order valence-electron chi connectivity index (χ3n) is 3.11. The second-order valence-corrected chi connectivity index (χ2v) is 5.11. The second-order valence-electron chi connectivity index (χ2n) is 4.67. The normalized spacial score (nSPS) is 13.3. The highest BCUT2D eigenvalue weighted by Gasteiger charge is 2.27. The maximum Gasteiger partial charge on any atom is 0.265 e. The number of nitrogens with one attached hydrogen (secondary N) is 1. The number of carbonyl (C=O) groups is 2. The van der Waals surface area contributed by atoms with Gasteiger partial charge in [-0.25, -0.2) is 0 Å². The summed E-state index contributed by atoms with van der Waals surface area (Å²) in [4.78, 5) is 29.4. The largest absolute Gasteiger partial charge is 0.482 e. The molecule has 2 aromatic rings. The summed E-state index contributed by atoms with van der Waals surface area (Å²) in [6, 6.07) is 8.38. The Morgan fingerprint density at radius 1 is 1.41 bits per heavy atom. The van der Waals surface area contributed by atoms with Crippen LogP contribution in [0.25, 0.3) is 0 Å². The molecule has 1 aromatic heterocycles. The van der Waals surface area contributed by atoms with Gasteiger partial charge in [-0.3, -0.25) is 19.5 Å². The van der Waals surface area contributed by atoms with Gasteiger partial charge >= 0.3 is 0 Å². The van der Waals surface area contributed by atoms with Gasteiger partial charge in [0.2, 0.25) is 5.91 Å². The summed E-state index contributed by atoms with van der Waals surface area (Å²) in [5.74, 6) is -0.0940. The zero-order valence-electron chi connectivity index (χ0n) is 11.5. The smallest absolute Gasteiger partial charge is 0.265 e. The van der Waals surface area contributed by atoms with Crippen molar-refractivity contribution in [2.24, 2.45) is 0 Å². The Bertz CT molecular complexity index is 721. The molecule has 0 saturated heterocycles. The molecule has 1 N–H and O–H groups in total. The van der Waals surface area contributed by atoms with Crippen LogP contribution < -0.4 is 15.0 Å². The molecule has 0 atom stereocenters. The fraction of sp³-hybridized carbons (Fsp3) is 0.133. The first-order chi connectivity index (χ1) is 10.6.